The van der Waals surface area contributed by atoms with Crippen molar-refractivity contribution >= 4 is 0 Å². The highest BCUT2D eigenvalue weighted by molar-refractivity contribution is 5.45. The number of nitrogens with one attached hydrogen (secondary N) is 1. The minimum absolute atomic E-state index is 0.0589. The number of benzene rings is 1. The van der Waals surface area contributed by atoms with E-state index in [4.69, 9.17) is 0 Å². The highest BCUT2D eigenvalue weighted by Crippen LogP contribution is 2.27. The summed E-state index contributed by atoms with van der Waals surface area (Å²) in [6.45, 7) is 11.6. The molecule has 1 atom stereocenters. The predicted octanol–water partition coefficient (Wildman–Crippen LogP) is 2.56. The Balaban J connectivity index is 3.29. The van der Waals surface area contributed by atoms with Crippen LogP contribution in [-0.4, -0.2) is 18.3 Å². The van der Waals surface area contributed by atoms with Gasteiger partial charge in [-0.2, -0.15) is 0 Å². The molecule has 2 heteroatoms. The molecular weight excluding hydrogens is 198 g/mol. The highest BCUT2D eigenvalue weighted by Gasteiger charge is 2.16. The maximum absolute atomic E-state index is 9.48. The molecule has 1 rings (SSSR count). The Kier molecular flexibility index (Phi) is 4.51. The van der Waals surface area contributed by atoms with Crippen molar-refractivity contribution in [3.8, 4) is 0 Å². The van der Waals surface area contributed by atoms with E-state index in [9.17, 15) is 5.11 Å². The van der Waals surface area contributed by atoms with Crippen LogP contribution in [0.25, 0.3) is 0 Å². The second-order valence-electron chi connectivity index (χ2n) is 4.47. The van der Waals surface area contributed by atoms with Gasteiger partial charge in [0, 0.05) is 0 Å². The van der Waals surface area contributed by atoms with Crippen LogP contribution in [0.3, 0.4) is 0 Å². The molecule has 0 radical (unpaired) electrons. The second-order valence-corrected chi connectivity index (χ2v) is 4.47. The molecular formula is C14H23NO. The molecule has 90 valence electrons. The normalized spacial score (nSPS) is 12.9. The van der Waals surface area contributed by atoms with Crippen molar-refractivity contribution in [2.24, 2.45) is 0 Å². The quantitative estimate of drug-likeness (QED) is 0.819. The fourth-order valence-corrected chi connectivity index (χ4v) is 2.27. The molecule has 0 fully saturated rings. The van der Waals surface area contributed by atoms with E-state index in [1.54, 1.807) is 0 Å². The van der Waals surface area contributed by atoms with Crippen LogP contribution in [0.1, 0.15) is 40.8 Å². The van der Waals surface area contributed by atoms with E-state index in [1.165, 1.54) is 27.8 Å². The molecule has 1 aromatic carbocycles. The largest absolute Gasteiger partial charge is 0.394 e. The smallest absolute Gasteiger partial charge is 0.0626 e. The van der Waals surface area contributed by atoms with Gasteiger partial charge in [0.15, 0.2) is 0 Å². The van der Waals surface area contributed by atoms with Crippen LogP contribution < -0.4 is 5.32 Å². The average molecular weight is 221 g/mol. The fourth-order valence-electron chi connectivity index (χ4n) is 2.27. The monoisotopic (exact) mass is 221 g/mol. The van der Waals surface area contributed by atoms with Crippen LogP contribution in [0, 0.1) is 27.7 Å². The number of hydrogen-bond acceptors (Lipinski definition) is 2. The number of rotatable bonds is 4. The Morgan fingerprint density at radius 3 is 2.00 bits per heavy atom. The molecule has 0 aliphatic heterocycles. The zero-order chi connectivity index (χ0) is 12.3. The van der Waals surface area contributed by atoms with Crippen LogP contribution in [0.4, 0.5) is 0 Å². The molecule has 0 aliphatic rings. The number of likely N-dealkylation sites (N-methyl/N-ethyl adjacent to an activating group) is 1. The lowest BCUT2D eigenvalue weighted by molar-refractivity contribution is 0.245. The first-order chi connectivity index (χ1) is 7.52. The molecule has 0 bridgehead atoms. The summed E-state index contributed by atoms with van der Waals surface area (Å²) in [4.78, 5) is 0. The summed E-state index contributed by atoms with van der Waals surface area (Å²) in [7, 11) is 0. The molecule has 0 saturated heterocycles. The van der Waals surface area contributed by atoms with E-state index in [-0.39, 0.29) is 12.6 Å². The standard InChI is InChI=1S/C14H23NO/c1-6-15-13(8-16)14-11(4)9(2)7-10(3)12(14)5/h7,13,15-16H,6,8H2,1-5H3. The van der Waals surface area contributed by atoms with Crippen LogP contribution >= 0.6 is 0 Å². The van der Waals surface area contributed by atoms with Crippen molar-refractivity contribution in [1.82, 2.24) is 5.32 Å². The molecule has 2 N–H and O–H groups in total. The Morgan fingerprint density at radius 2 is 1.62 bits per heavy atom. The predicted molar refractivity (Wildman–Crippen MR) is 68.9 cm³/mol. The number of aliphatic hydroxyl groups is 1. The lowest BCUT2D eigenvalue weighted by Crippen LogP contribution is -2.26. The van der Waals surface area contributed by atoms with Crippen LogP contribution in [0.15, 0.2) is 6.07 Å². The third kappa shape index (κ3) is 2.45. The molecule has 2 nitrogen and oxygen atoms in total. The van der Waals surface area contributed by atoms with Gasteiger partial charge in [-0.05, 0) is 62.1 Å². The summed E-state index contributed by atoms with van der Waals surface area (Å²) in [5, 5.41) is 12.8. The van der Waals surface area contributed by atoms with Crippen molar-refractivity contribution in [3.05, 3.63) is 33.9 Å². The summed E-state index contributed by atoms with van der Waals surface area (Å²) < 4.78 is 0. The Bertz CT molecular complexity index is 345. The topological polar surface area (TPSA) is 32.3 Å². The minimum Gasteiger partial charge on any atom is -0.394 e. The summed E-state index contributed by atoms with van der Waals surface area (Å²) >= 11 is 0. The molecule has 0 saturated carbocycles. The van der Waals surface area contributed by atoms with Gasteiger partial charge in [0.1, 0.15) is 0 Å². The van der Waals surface area contributed by atoms with Gasteiger partial charge in [0.05, 0.1) is 12.6 Å². The fraction of sp³-hybridized carbons (Fsp3) is 0.571. The molecule has 0 spiro atoms. The van der Waals surface area contributed by atoms with Gasteiger partial charge in [0.25, 0.3) is 0 Å². The molecule has 0 heterocycles. The molecule has 1 unspecified atom stereocenters. The summed E-state index contributed by atoms with van der Waals surface area (Å²) in [5.41, 5.74) is 6.46. The average Bonchev–Trinajstić information content (AvgIpc) is 2.25. The van der Waals surface area contributed by atoms with Crippen molar-refractivity contribution in [2.75, 3.05) is 13.2 Å². The van der Waals surface area contributed by atoms with Crippen LogP contribution in [-0.2, 0) is 0 Å². The van der Waals surface area contributed by atoms with E-state index >= 15 is 0 Å². The maximum atomic E-state index is 9.48. The Labute approximate surface area is 98.7 Å². The van der Waals surface area contributed by atoms with Gasteiger partial charge >= 0.3 is 0 Å². The second kappa shape index (κ2) is 5.46. The first-order valence-corrected chi connectivity index (χ1v) is 5.94. The first kappa shape index (κ1) is 13.2. The van der Waals surface area contributed by atoms with Gasteiger partial charge in [-0.25, -0.2) is 0 Å². The maximum Gasteiger partial charge on any atom is 0.0626 e. The SMILES string of the molecule is CCNC(CO)c1c(C)c(C)cc(C)c1C. The first-order valence-electron chi connectivity index (χ1n) is 5.94. The minimum atomic E-state index is 0.0589. The van der Waals surface area contributed by atoms with Gasteiger partial charge < -0.3 is 10.4 Å². The highest BCUT2D eigenvalue weighted by atomic mass is 16.3. The summed E-state index contributed by atoms with van der Waals surface area (Å²) in [6, 6.07) is 2.28. The lowest BCUT2D eigenvalue weighted by atomic mass is 9.90. The van der Waals surface area contributed by atoms with Gasteiger partial charge in [0.2, 0.25) is 0 Å². The van der Waals surface area contributed by atoms with Crippen LogP contribution in [0.5, 0.6) is 0 Å². The van der Waals surface area contributed by atoms with E-state index in [0.29, 0.717) is 0 Å². The van der Waals surface area contributed by atoms with Gasteiger partial charge in [-0.1, -0.05) is 13.0 Å². The van der Waals surface area contributed by atoms with Gasteiger partial charge in [-0.15, -0.1) is 0 Å². The van der Waals surface area contributed by atoms with E-state index in [2.05, 4.69) is 46.0 Å². The van der Waals surface area contributed by atoms with Crippen molar-refractivity contribution in [1.29, 1.82) is 0 Å². The van der Waals surface area contributed by atoms with Crippen molar-refractivity contribution < 1.29 is 5.11 Å². The van der Waals surface area contributed by atoms with Gasteiger partial charge in [-0.3, -0.25) is 0 Å². The Morgan fingerprint density at radius 1 is 1.12 bits per heavy atom. The third-order valence-corrected chi connectivity index (χ3v) is 3.41. The number of hydrogen-bond donors (Lipinski definition) is 2. The molecule has 1 aromatic rings. The molecule has 0 aromatic heterocycles. The van der Waals surface area contributed by atoms with E-state index < -0.39 is 0 Å². The van der Waals surface area contributed by atoms with E-state index in [1.807, 2.05) is 0 Å². The van der Waals surface area contributed by atoms with E-state index in [0.717, 1.165) is 6.54 Å². The third-order valence-electron chi connectivity index (χ3n) is 3.41. The Hall–Kier alpha value is -0.860. The zero-order valence-electron chi connectivity index (χ0n) is 11.0. The summed E-state index contributed by atoms with van der Waals surface area (Å²) in [5.74, 6) is 0. The molecule has 0 aliphatic carbocycles. The summed E-state index contributed by atoms with van der Waals surface area (Å²) in [6.07, 6.45) is 0. The van der Waals surface area contributed by atoms with Crippen molar-refractivity contribution in [3.63, 3.8) is 0 Å². The molecule has 16 heavy (non-hydrogen) atoms. The lowest BCUT2D eigenvalue weighted by Gasteiger charge is -2.23. The molecule has 0 amide bonds. The zero-order valence-corrected chi connectivity index (χ0v) is 11.0. The van der Waals surface area contributed by atoms with Crippen LogP contribution in [0.2, 0.25) is 0 Å². The number of aliphatic hydroxyl groups excluding tert-OH is 1. The number of aryl methyl sites for hydroxylation is 2. The van der Waals surface area contributed by atoms with Crippen molar-refractivity contribution in [2.45, 2.75) is 40.7 Å².